The average Bonchev–Trinajstić information content (AvgIpc) is 3.60. The third-order valence-corrected chi connectivity index (χ3v) is 7.32. The summed E-state index contributed by atoms with van der Waals surface area (Å²) in [5, 5.41) is 10.9. The lowest BCUT2D eigenvalue weighted by Gasteiger charge is -2.12. The summed E-state index contributed by atoms with van der Waals surface area (Å²) in [7, 11) is 0. The van der Waals surface area contributed by atoms with Crippen molar-refractivity contribution in [2.24, 2.45) is 0 Å². The summed E-state index contributed by atoms with van der Waals surface area (Å²) >= 11 is 0. The first-order valence-corrected chi connectivity index (χ1v) is 12.8. The molecule has 2 aromatic carbocycles. The van der Waals surface area contributed by atoms with Crippen LogP contribution in [0.4, 0.5) is 16.0 Å². The number of halogens is 1. The van der Waals surface area contributed by atoms with Gasteiger partial charge in [-0.15, -0.1) is 5.10 Å². The molecule has 4 aromatic rings. The fourth-order valence-electron chi connectivity index (χ4n) is 5.01. The first-order valence-electron chi connectivity index (χ1n) is 12.8. The smallest absolute Gasteiger partial charge is 0.252 e. The van der Waals surface area contributed by atoms with Crippen LogP contribution in [0.1, 0.15) is 71.4 Å². The molecule has 1 fully saturated rings. The van der Waals surface area contributed by atoms with Gasteiger partial charge in [-0.05, 0) is 93.1 Å². The number of anilines is 2. The molecule has 1 atom stereocenters. The van der Waals surface area contributed by atoms with Crippen LogP contribution in [0.2, 0.25) is 0 Å². The minimum atomic E-state index is -0.376. The Bertz CT molecular complexity index is 1540. The van der Waals surface area contributed by atoms with Crippen LogP contribution < -0.4 is 10.6 Å². The first kappa shape index (κ1) is 23.3. The van der Waals surface area contributed by atoms with Crippen LogP contribution in [0.15, 0.2) is 42.6 Å². The van der Waals surface area contributed by atoms with Crippen molar-refractivity contribution in [1.82, 2.24) is 25.1 Å². The van der Waals surface area contributed by atoms with Crippen molar-refractivity contribution in [2.75, 3.05) is 5.32 Å². The van der Waals surface area contributed by atoms with Gasteiger partial charge in [-0.25, -0.2) is 9.07 Å². The van der Waals surface area contributed by atoms with Crippen LogP contribution in [0.25, 0.3) is 22.5 Å². The highest BCUT2D eigenvalue weighted by atomic mass is 19.1. The average molecular weight is 497 g/mol. The van der Waals surface area contributed by atoms with Gasteiger partial charge in [-0.3, -0.25) is 9.78 Å². The van der Waals surface area contributed by atoms with Gasteiger partial charge in [0, 0.05) is 41.2 Å². The van der Waals surface area contributed by atoms with E-state index in [0.29, 0.717) is 35.4 Å². The van der Waals surface area contributed by atoms with E-state index in [4.69, 9.17) is 0 Å². The molecule has 6 rings (SSSR count). The maximum Gasteiger partial charge on any atom is 0.252 e. The Morgan fingerprint density at radius 1 is 1.08 bits per heavy atom. The number of benzene rings is 2. The summed E-state index contributed by atoms with van der Waals surface area (Å²) < 4.78 is 17.1. The van der Waals surface area contributed by atoms with Gasteiger partial charge in [0.25, 0.3) is 5.91 Å². The zero-order valence-corrected chi connectivity index (χ0v) is 21.4. The lowest BCUT2D eigenvalue weighted by molar-refractivity contribution is 0.0958. The Kier molecular flexibility index (Phi) is 5.55. The highest BCUT2D eigenvalue weighted by Gasteiger charge is 2.27. The van der Waals surface area contributed by atoms with E-state index < -0.39 is 0 Å². The van der Waals surface area contributed by atoms with Crippen molar-refractivity contribution in [3.8, 4) is 22.5 Å². The van der Waals surface area contributed by atoms with Crippen molar-refractivity contribution in [2.45, 2.75) is 59.0 Å². The van der Waals surface area contributed by atoms with Gasteiger partial charge < -0.3 is 10.6 Å². The molecule has 1 aliphatic heterocycles. The van der Waals surface area contributed by atoms with Crippen LogP contribution in [0.5, 0.6) is 0 Å². The minimum Gasteiger partial charge on any atom is -0.345 e. The van der Waals surface area contributed by atoms with Gasteiger partial charge in [-0.2, -0.15) is 4.98 Å². The number of pyridine rings is 1. The van der Waals surface area contributed by atoms with Gasteiger partial charge in [-0.1, -0.05) is 6.07 Å². The summed E-state index contributed by atoms with van der Waals surface area (Å²) in [5.74, 6) is 0.994. The molecule has 7 nitrogen and oxygen atoms in total. The molecule has 8 heteroatoms. The Balaban J connectivity index is 1.32. The molecule has 1 unspecified atom stereocenters. The number of nitrogens with one attached hydrogen (secondary N) is 2. The van der Waals surface area contributed by atoms with E-state index in [1.165, 1.54) is 12.8 Å². The zero-order valence-electron chi connectivity index (χ0n) is 21.4. The molecule has 2 aromatic heterocycles. The summed E-state index contributed by atoms with van der Waals surface area (Å²) in [5.41, 5.74) is 7.51. The Morgan fingerprint density at radius 2 is 1.86 bits per heavy atom. The van der Waals surface area contributed by atoms with Crippen molar-refractivity contribution in [3.63, 3.8) is 0 Å². The molecule has 1 saturated carbocycles. The van der Waals surface area contributed by atoms with Crippen molar-refractivity contribution in [3.05, 3.63) is 76.4 Å². The molecule has 0 bridgehead atoms. The summed E-state index contributed by atoms with van der Waals surface area (Å²) in [6.07, 6.45) is 4.24. The van der Waals surface area contributed by atoms with E-state index in [1.807, 2.05) is 58.2 Å². The van der Waals surface area contributed by atoms with Gasteiger partial charge in [0.15, 0.2) is 5.82 Å². The standard InChI is InChI=1S/C29H29FN6O/c1-5-36-29(33-26-13-21-17(4)32-28(37)22(21)11-16(26)3)34-27(35-36)23-10-15(2)20(12-24(23)30)19-8-9-25(31-14-19)18-6-7-18/h8-14,17-18H,5-7H2,1-4H3,(H,32,37)(H,33,34,35). The van der Waals surface area contributed by atoms with Crippen molar-refractivity contribution in [1.29, 1.82) is 0 Å². The number of carbonyl (C=O) groups excluding carboxylic acids is 1. The Hall–Kier alpha value is -4.07. The quantitative estimate of drug-likeness (QED) is 0.332. The number of aromatic nitrogens is 4. The molecule has 1 aliphatic carbocycles. The van der Waals surface area contributed by atoms with Crippen LogP contribution in [-0.2, 0) is 6.54 Å². The Morgan fingerprint density at radius 3 is 2.57 bits per heavy atom. The topological polar surface area (TPSA) is 84.7 Å². The fraction of sp³-hybridized carbons (Fsp3) is 0.310. The second-order valence-corrected chi connectivity index (χ2v) is 10.0. The number of hydrogen-bond acceptors (Lipinski definition) is 5. The van der Waals surface area contributed by atoms with E-state index in [9.17, 15) is 4.79 Å². The number of fused-ring (bicyclic) bond motifs is 1. The molecular formula is C29H29FN6O. The fourth-order valence-corrected chi connectivity index (χ4v) is 5.01. The zero-order chi connectivity index (χ0) is 25.8. The summed E-state index contributed by atoms with van der Waals surface area (Å²) in [6.45, 7) is 8.40. The number of amides is 1. The molecule has 0 spiro atoms. The van der Waals surface area contributed by atoms with Crippen LogP contribution in [0.3, 0.4) is 0 Å². The normalized spacial score (nSPS) is 16.6. The number of nitrogens with zero attached hydrogens (tertiary/aromatic N) is 4. The lowest BCUT2D eigenvalue weighted by Crippen LogP contribution is -2.16. The molecule has 37 heavy (non-hydrogen) atoms. The molecule has 0 radical (unpaired) electrons. The van der Waals surface area contributed by atoms with Gasteiger partial charge in [0.1, 0.15) is 5.82 Å². The number of rotatable bonds is 6. The maximum absolute atomic E-state index is 15.4. The van der Waals surface area contributed by atoms with Gasteiger partial charge >= 0.3 is 0 Å². The predicted molar refractivity (Wildman–Crippen MR) is 141 cm³/mol. The van der Waals surface area contributed by atoms with Crippen LogP contribution in [0, 0.1) is 19.7 Å². The second kappa shape index (κ2) is 8.80. The number of aryl methyl sites for hydroxylation is 3. The SMILES string of the molecule is CCn1nc(-c2cc(C)c(-c3ccc(C4CC4)nc3)cc2F)nc1Nc1cc2c(cc1C)C(=O)NC2C. The number of carbonyl (C=O) groups is 1. The molecular weight excluding hydrogens is 467 g/mol. The van der Waals surface area contributed by atoms with Crippen molar-refractivity contribution >= 4 is 17.5 Å². The second-order valence-electron chi connectivity index (χ2n) is 10.0. The maximum atomic E-state index is 15.4. The predicted octanol–water partition coefficient (Wildman–Crippen LogP) is 6.21. The van der Waals surface area contributed by atoms with E-state index in [-0.39, 0.29) is 17.8 Å². The van der Waals surface area contributed by atoms with Gasteiger partial charge in [0.05, 0.1) is 11.6 Å². The van der Waals surface area contributed by atoms with Crippen LogP contribution >= 0.6 is 0 Å². The monoisotopic (exact) mass is 496 g/mol. The largest absolute Gasteiger partial charge is 0.345 e. The Labute approximate surface area is 215 Å². The van der Waals surface area contributed by atoms with Crippen molar-refractivity contribution < 1.29 is 9.18 Å². The van der Waals surface area contributed by atoms with Crippen LogP contribution in [-0.4, -0.2) is 25.7 Å². The van der Waals surface area contributed by atoms with E-state index >= 15 is 4.39 Å². The molecule has 1 amide bonds. The lowest BCUT2D eigenvalue weighted by atomic mass is 9.98. The molecule has 2 N–H and O–H groups in total. The van der Waals surface area contributed by atoms with E-state index in [1.54, 1.807) is 16.8 Å². The summed E-state index contributed by atoms with van der Waals surface area (Å²) in [6, 6.07) is 11.2. The van der Waals surface area contributed by atoms with E-state index in [0.717, 1.165) is 39.2 Å². The highest BCUT2D eigenvalue weighted by Crippen LogP contribution is 2.39. The molecule has 2 aliphatic rings. The number of hydrogen-bond donors (Lipinski definition) is 2. The molecule has 188 valence electrons. The molecule has 3 heterocycles. The third-order valence-electron chi connectivity index (χ3n) is 7.32. The van der Waals surface area contributed by atoms with E-state index in [2.05, 4.69) is 25.7 Å². The molecule has 0 saturated heterocycles. The minimum absolute atomic E-state index is 0.0555. The van der Waals surface area contributed by atoms with Gasteiger partial charge in [0.2, 0.25) is 5.95 Å². The first-order chi connectivity index (χ1) is 17.8. The summed E-state index contributed by atoms with van der Waals surface area (Å²) in [4.78, 5) is 21.4. The third kappa shape index (κ3) is 4.16. The highest BCUT2D eigenvalue weighted by molar-refractivity contribution is 6.00.